The van der Waals surface area contributed by atoms with Gasteiger partial charge in [0.1, 0.15) is 5.75 Å². The van der Waals surface area contributed by atoms with Crippen molar-refractivity contribution < 1.29 is 18.6 Å². The fraction of sp³-hybridized carbons (Fsp3) is 0.400. The van der Waals surface area contributed by atoms with Crippen molar-refractivity contribution in [3.05, 3.63) is 54.1 Å². The summed E-state index contributed by atoms with van der Waals surface area (Å²) in [6.45, 7) is 3.85. The van der Waals surface area contributed by atoms with E-state index >= 15 is 0 Å². The lowest BCUT2D eigenvalue weighted by molar-refractivity contribution is 0.116. The third kappa shape index (κ3) is 5.68. The van der Waals surface area contributed by atoms with E-state index in [0.29, 0.717) is 6.42 Å². The third-order valence-corrected chi connectivity index (χ3v) is 6.24. The molecule has 0 amide bonds. The Kier molecular flexibility index (Phi) is 7.42. The van der Waals surface area contributed by atoms with Crippen molar-refractivity contribution in [2.24, 2.45) is 11.7 Å². The van der Waals surface area contributed by atoms with Crippen molar-refractivity contribution in [3.63, 3.8) is 0 Å². The average Bonchev–Trinajstić information content (AvgIpc) is 2.63. The predicted molar refractivity (Wildman–Crippen MR) is 110 cm³/mol. The first-order chi connectivity index (χ1) is 13.1. The lowest BCUT2D eigenvalue weighted by atomic mass is 10.0. The molecule has 0 aromatic heterocycles. The Morgan fingerprint density at radius 1 is 1.07 bits per heavy atom. The minimum atomic E-state index is -3.93. The zero-order chi connectivity index (χ0) is 20.9. The van der Waals surface area contributed by atoms with Gasteiger partial charge in [-0.2, -0.15) is 4.31 Å². The quantitative estimate of drug-likeness (QED) is 0.369. The maximum atomic E-state index is 13.1. The number of benzene rings is 2. The minimum Gasteiger partial charge on any atom is -0.506 e. The van der Waals surface area contributed by atoms with Gasteiger partial charge in [0.15, 0.2) is 0 Å². The molecule has 6 N–H and O–H groups in total. The van der Waals surface area contributed by atoms with E-state index in [2.05, 4.69) is 0 Å². The number of aliphatic hydroxyl groups excluding tert-OH is 1. The van der Waals surface area contributed by atoms with Crippen LogP contribution in [0.4, 0.5) is 5.69 Å². The van der Waals surface area contributed by atoms with Crippen molar-refractivity contribution in [1.82, 2.24) is 4.31 Å². The Morgan fingerprint density at radius 2 is 1.71 bits per heavy atom. The highest BCUT2D eigenvalue weighted by atomic mass is 32.2. The second-order valence-electron chi connectivity index (χ2n) is 7.36. The highest BCUT2D eigenvalue weighted by Gasteiger charge is 2.29. The second-order valence-corrected chi connectivity index (χ2v) is 9.30. The first-order valence-corrected chi connectivity index (χ1v) is 10.6. The minimum absolute atomic E-state index is 0.0368. The number of hydrogen-bond donors (Lipinski definition) is 4. The van der Waals surface area contributed by atoms with Crippen molar-refractivity contribution in [1.29, 1.82) is 0 Å². The van der Waals surface area contributed by atoms with Crippen LogP contribution in [-0.4, -0.2) is 48.2 Å². The Morgan fingerprint density at radius 3 is 2.29 bits per heavy atom. The van der Waals surface area contributed by atoms with Gasteiger partial charge in [0.2, 0.25) is 10.0 Å². The number of phenolic OH excluding ortho intramolecular Hbond substituents is 1. The number of sulfonamides is 1. The number of aliphatic hydroxyl groups is 1. The summed E-state index contributed by atoms with van der Waals surface area (Å²) in [6, 6.07) is 12.7. The largest absolute Gasteiger partial charge is 0.506 e. The molecule has 2 aromatic carbocycles. The first-order valence-electron chi connectivity index (χ1n) is 9.17. The topological polar surface area (TPSA) is 130 Å². The van der Waals surface area contributed by atoms with Crippen LogP contribution in [0.25, 0.3) is 0 Å². The molecule has 0 radical (unpaired) electrons. The molecule has 0 bridgehead atoms. The summed E-state index contributed by atoms with van der Waals surface area (Å²) in [5.41, 5.74) is 12.8. The summed E-state index contributed by atoms with van der Waals surface area (Å²) in [7, 11) is -3.93. The van der Waals surface area contributed by atoms with Gasteiger partial charge in [-0.1, -0.05) is 44.2 Å². The van der Waals surface area contributed by atoms with Gasteiger partial charge < -0.3 is 21.7 Å². The molecule has 8 heteroatoms. The number of nitrogen functional groups attached to an aromatic ring is 1. The first kappa shape index (κ1) is 22.2. The van der Waals surface area contributed by atoms with Crippen LogP contribution in [0.1, 0.15) is 19.4 Å². The van der Waals surface area contributed by atoms with Gasteiger partial charge in [-0.25, -0.2) is 8.42 Å². The van der Waals surface area contributed by atoms with Crippen LogP contribution < -0.4 is 11.5 Å². The normalized spacial score (nSPS) is 14.4. The fourth-order valence-corrected chi connectivity index (χ4v) is 4.52. The van der Waals surface area contributed by atoms with Crippen LogP contribution in [0.2, 0.25) is 0 Å². The average molecular weight is 408 g/mol. The summed E-state index contributed by atoms with van der Waals surface area (Å²) >= 11 is 0. The summed E-state index contributed by atoms with van der Waals surface area (Å²) in [6.07, 6.45) is -0.614. The maximum absolute atomic E-state index is 13.1. The molecule has 0 fully saturated rings. The molecule has 7 nitrogen and oxygen atoms in total. The van der Waals surface area contributed by atoms with Gasteiger partial charge in [0, 0.05) is 25.2 Å². The number of phenols is 1. The zero-order valence-electron chi connectivity index (χ0n) is 16.2. The molecule has 2 unspecified atom stereocenters. The number of aromatic hydroxyl groups is 1. The highest BCUT2D eigenvalue weighted by molar-refractivity contribution is 7.89. The smallest absolute Gasteiger partial charge is 0.243 e. The molecule has 0 aliphatic heterocycles. The van der Waals surface area contributed by atoms with Crippen molar-refractivity contribution in [2.75, 3.05) is 18.8 Å². The third-order valence-electron chi connectivity index (χ3n) is 4.41. The highest BCUT2D eigenvalue weighted by Crippen LogP contribution is 2.26. The van der Waals surface area contributed by atoms with E-state index in [1.807, 2.05) is 44.2 Å². The molecule has 0 aliphatic rings. The molecule has 0 saturated carbocycles. The SMILES string of the molecule is CC(C)CN(CC(O)C(N)Cc1ccccc1)S(=O)(=O)c1ccc(N)c(O)c1. The Hall–Kier alpha value is -2.13. The molecular formula is C20H29N3O4S. The molecule has 0 aliphatic carbocycles. The van der Waals surface area contributed by atoms with Crippen LogP contribution in [0.3, 0.4) is 0 Å². The summed E-state index contributed by atoms with van der Waals surface area (Å²) in [5, 5.41) is 20.4. The number of anilines is 1. The standard InChI is InChI=1S/C20H29N3O4S/c1-14(2)12-23(28(26,27)16-8-9-17(21)19(24)11-16)13-20(25)18(22)10-15-6-4-3-5-7-15/h3-9,11,14,18,20,24-25H,10,12-13,21-22H2,1-2H3. The summed E-state index contributed by atoms with van der Waals surface area (Å²) in [4.78, 5) is -0.0799. The van der Waals surface area contributed by atoms with Crippen molar-refractivity contribution in [3.8, 4) is 5.75 Å². The fourth-order valence-electron chi connectivity index (χ4n) is 2.88. The molecule has 2 rings (SSSR count). The summed E-state index contributed by atoms with van der Waals surface area (Å²) in [5.74, 6) is -0.262. The van der Waals surface area contributed by atoms with Gasteiger partial charge in [-0.05, 0) is 30.0 Å². The second kappa shape index (κ2) is 9.38. The Labute approximate surface area is 166 Å². The van der Waals surface area contributed by atoms with Crippen LogP contribution in [-0.2, 0) is 16.4 Å². The number of rotatable bonds is 9. The molecule has 0 saturated heterocycles. The Bertz CT molecular complexity index is 872. The van der Waals surface area contributed by atoms with E-state index in [4.69, 9.17) is 11.5 Å². The van der Waals surface area contributed by atoms with Crippen LogP contribution >= 0.6 is 0 Å². The summed E-state index contributed by atoms with van der Waals surface area (Å²) < 4.78 is 27.3. The van der Waals surface area contributed by atoms with E-state index in [1.165, 1.54) is 16.4 Å². The van der Waals surface area contributed by atoms with Gasteiger partial charge >= 0.3 is 0 Å². The van der Waals surface area contributed by atoms with E-state index < -0.39 is 22.2 Å². The lowest BCUT2D eigenvalue weighted by Gasteiger charge is -2.28. The maximum Gasteiger partial charge on any atom is 0.243 e. The number of nitrogens with two attached hydrogens (primary N) is 2. The molecule has 2 aromatic rings. The van der Waals surface area contributed by atoms with E-state index in [9.17, 15) is 18.6 Å². The monoisotopic (exact) mass is 407 g/mol. The van der Waals surface area contributed by atoms with Crippen LogP contribution in [0.15, 0.2) is 53.4 Å². The van der Waals surface area contributed by atoms with E-state index in [0.717, 1.165) is 11.6 Å². The lowest BCUT2D eigenvalue weighted by Crippen LogP contribution is -2.47. The Balaban J connectivity index is 2.21. The molecular weight excluding hydrogens is 378 g/mol. The number of nitrogens with zero attached hydrogens (tertiary/aromatic N) is 1. The molecule has 28 heavy (non-hydrogen) atoms. The van der Waals surface area contributed by atoms with Gasteiger partial charge in [-0.3, -0.25) is 0 Å². The van der Waals surface area contributed by atoms with Gasteiger partial charge in [0.25, 0.3) is 0 Å². The van der Waals surface area contributed by atoms with E-state index in [-0.39, 0.29) is 35.3 Å². The molecule has 0 spiro atoms. The van der Waals surface area contributed by atoms with E-state index in [1.54, 1.807) is 0 Å². The molecule has 154 valence electrons. The van der Waals surface area contributed by atoms with Crippen molar-refractivity contribution >= 4 is 15.7 Å². The number of hydrogen-bond acceptors (Lipinski definition) is 6. The molecule has 0 heterocycles. The van der Waals surface area contributed by atoms with Crippen LogP contribution in [0.5, 0.6) is 5.75 Å². The molecule has 2 atom stereocenters. The van der Waals surface area contributed by atoms with Gasteiger partial charge in [-0.15, -0.1) is 0 Å². The van der Waals surface area contributed by atoms with Crippen molar-refractivity contribution in [2.45, 2.75) is 37.3 Å². The van der Waals surface area contributed by atoms with Gasteiger partial charge in [0.05, 0.1) is 16.7 Å². The zero-order valence-corrected chi connectivity index (χ0v) is 17.0. The predicted octanol–water partition coefficient (Wildman–Crippen LogP) is 1.55. The van der Waals surface area contributed by atoms with Crippen LogP contribution in [0, 0.1) is 5.92 Å².